The number of nitrogens with zero attached hydrogens (tertiary/aromatic N) is 1. The molecule has 1 aromatic carbocycles. The van der Waals surface area contributed by atoms with E-state index < -0.39 is 11.9 Å². The van der Waals surface area contributed by atoms with Gasteiger partial charge in [-0.15, -0.1) is 0 Å². The monoisotopic (exact) mass is 347 g/mol. The molecule has 0 aromatic heterocycles. The number of nitrogens with one attached hydrogen (secondary N) is 1. The highest BCUT2D eigenvalue weighted by Crippen LogP contribution is 2.18. The summed E-state index contributed by atoms with van der Waals surface area (Å²) in [5, 5.41) is 2.71. The number of amides is 3. The van der Waals surface area contributed by atoms with Crippen molar-refractivity contribution in [3.63, 3.8) is 0 Å². The van der Waals surface area contributed by atoms with Gasteiger partial charge in [-0.25, -0.2) is 0 Å². The van der Waals surface area contributed by atoms with Gasteiger partial charge >= 0.3 is 0 Å². The Bertz CT molecular complexity index is 628. The number of nitrogens with two attached hydrogens (primary N) is 1. The Kier molecular flexibility index (Phi) is 6.38. The van der Waals surface area contributed by atoms with Gasteiger partial charge in [-0.1, -0.05) is 0 Å². The second-order valence-corrected chi connectivity index (χ2v) is 6.34. The number of hydrogen-bond donors (Lipinski definition) is 2. The Balaban J connectivity index is 1.80. The molecule has 0 radical (unpaired) electrons. The van der Waals surface area contributed by atoms with Crippen LogP contribution in [0.25, 0.3) is 0 Å². The van der Waals surface area contributed by atoms with Gasteiger partial charge in [0.05, 0.1) is 6.10 Å². The first kappa shape index (κ1) is 18.8. The number of ether oxygens (including phenoxy) is 1. The molecule has 3 amide bonds. The third-order valence-electron chi connectivity index (χ3n) is 4.01. The molecule has 1 aromatic rings. The summed E-state index contributed by atoms with van der Waals surface area (Å²) in [6, 6.07) is 6.32. The maximum Gasteiger partial charge on any atom is 0.251 e. The van der Waals surface area contributed by atoms with Crippen LogP contribution in [0, 0.1) is 0 Å². The summed E-state index contributed by atoms with van der Waals surface area (Å²) in [6.07, 6.45) is 1.60. The second-order valence-electron chi connectivity index (χ2n) is 6.34. The lowest BCUT2D eigenvalue weighted by atomic mass is 10.2. The van der Waals surface area contributed by atoms with Gasteiger partial charge in [-0.2, -0.15) is 0 Å². The molecule has 0 aliphatic carbocycles. The number of benzene rings is 1. The fraction of sp³-hybridized carbons (Fsp3) is 0.500. The summed E-state index contributed by atoms with van der Waals surface area (Å²) < 4.78 is 5.53. The zero-order chi connectivity index (χ0) is 18.4. The molecule has 7 heteroatoms. The van der Waals surface area contributed by atoms with Crippen LogP contribution in [0.1, 0.15) is 43.5 Å². The lowest BCUT2D eigenvalue weighted by molar-refractivity contribution is -0.137. The van der Waals surface area contributed by atoms with Crippen LogP contribution < -0.4 is 15.8 Å². The predicted molar refractivity (Wildman–Crippen MR) is 93.1 cm³/mol. The van der Waals surface area contributed by atoms with Crippen molar-refractivity contribution in [2.24, 2.45) is 5.73 Å². The zero-order valence-electron chi connectivity index (χ0n) is 14.7. The quantitative estimate of drug-likeness (QED) is 0.770. The molecule has 2 rings (SSSR count). The molecular formula is C18H25N3O4. The summed E-state index contributed by atoms with van der Waals surface area (Å²) in [7, 11) is 0. The minimum Gasteiger partial charge on any atom is -0.491 e. The van der Waals surface area contributed by atoms with E-state index in [1.165, 1.54) is 4.90 Å². The fourth-order valence-electron chi connectivity index (χ4n) is 2.85. The molecule has 0 bridgehead atoms. The largest absolute Gasteiger partial charge is 0.491 e. The first-order valence-corrected chi connectivity index (χ1v) is 8.52. The molecule has 1 aliphatic rings. The molecule has 136 valence electrons. The highest BCUT2D eigenvalue weighted by atomic mass is 16.5. The van der Waals surface area contributed by atoms with E-state index in [1.54, 1.807) is 24.3 Å². The maximum atomic E-state index is 12.2. The fourth-order valence-corrected chi connectivity index (χ4v) is 2.85. The number of likely N-dealkylation sites (tertiary alicyclic amines) is 1. The van der Waals surface area contributed by atoms with Crippen molar-refractivity contribution in [2.75, 3.05) is 13.1 Å². The lowest BCUT2D eigenvalue weighted by Crippen LogP contribution is -2.44. The van der Waals surface area contributed by atoms with Crippen LogP contribution >= 0.6 is 0 Å². The first-order valence-electron chi connectivity index (χ1n) is 8.52. The van der Waals surface area contributed by atoms with E-state index in [1.807, 2.05) is 13.8 Å². The van der Waals surface area contributed by atoms with Gasteiger partial charge in [0.2, 0.25) is 11.8 Å². The van der Waals surface area contributed by atoms with Crippen molar-refractivity contribution < 1.29 is 19.1 Å². The third kappa shape index (κ3) is 5.20. The number of hydrogen-bond acceptors (Lipinski definition) is 4. The smallest absolute Gasteiger partial charge is 0.251 e. The van der Waals surface area contributed by atoms with Gasteiger partial charge in [0.25, 0.3) is 5.91 Å². The van der Waals surface area contributed by atoms with Crippen molar-refractivity contribution in [1.29, 1.82) is 0 Å². The van der Waals surface area contributed by atoms with Gasteiger partial charge in [0, 0.05) is 25.1 Å². The van der Waals surface area contributed by atoms with Crippen LogP contribution in [0.5, 0.6) is 5.75 Å². The molecule has 7 nitrogen and oxygen atoms in total. The van der Waals surface area contributed by atoms with E-state index in [-0.39, 0.29) is 30.9 Å². The summed E-state index contributed by atoms with van der Waals surface area (Å²) >= 11 is 0. The minimum absolute atomic E-state index is 0.0699. The summed E-state index contributed by atoms with van der Waals surface area (Å²) in [5.41, 5.74) is 5.81. The van der Waals surface area contributed by atoms with Crippen molar-refractivity contribution >= 4 is 17.7 Å². The Hall–Kier alpha value is -2.57. The van der Waals surface area contributed by atoms with Crippen molar-refractivity contribution in [1.82, 2.24) is 10.2 Å². The maximum absolute atomic E-state index is 12.2. The van der Waals surface area contributed by atoms with Crippen LogP contribution in [-0.2, 0) is 9.59 Å². The molecule has 1 unspecified atom stereocenters. The number of carbonyl (C=O) groups excluding carboxylic acids is 3. The molecule has 0 saturated carbocycles. The Labute approximate surface area is 147 Å². The van der Waals surface area contributed by atoms with Gasteiger partial charge in [-0.05, 0) is 51.0 Å². The SMILES string of the molecule is CC(C)Oc1ccc(C(=O)NCCC(=O)N2CCCC2C(N)=O)cc1. The van der Waals surface area contributed by atoms with E-state index in [4.69, 9.17) is 10.5 Å². The standard InChI is InChI=1S/C18H25N3O4/c1-12(2)25-14-7-5-13(6-8-14)18(24)20-10-9-16(22)21-11-3-4-15(21)17(19)23/h5-8,12,15H,3-4,9-11H2,1-2H3,(H2,19,23)(H,20,24). The normalized spacial score (nSPS) is 16.8. The Morgan fingerprint density at radius 3 is 2.56 bits per heavy atom. The molecular weight excluding hydrogens is 322 g/mol. The van der Waals surface area contributed by atoms with Crippen LogP contribution in [-0.4, -0.2) is 47.9 Å². The van der Waals surface area contributed by atoms with Crippen LogP contribution in [0.2, 0.25) is 0 Å². The molecule has 1 saturated heterocycles. The molecule has 1 atom stereocenters. The highest BCUT2D eigenvalue weighted by molar-refractivity contribution is 5.94. The number of primary amides is 1. The molecule has 1 aliphatic heterocycles. The Morgan fingerprint density at radius 2 is 1.96 bits per heavy atom. The molecule has 1 fully saturated rings. The lowest BCUT2D eigenvalue weighted by Gasteiger charge is -2.22. The van der Waals surface area contributed by atoms with E-state index in [2.05, 4.69) is 5.32 Å². The summed E-state index contributed by atoms with van der Waals surface area (Å²) in [6.45, 7) is 4.61. The van der Waals surface area contributed by atoms with Crippen molar-refractivity contribution in [3.05, 3.63) is 29.8 Å². The Morgan fingerprint density at radius 1 is 1.28 bits per heavy atom. The zero-order valence-corrected chi connectivity index (χ0v) is 14.7. The molecule has 3 N–H and O–H groups in total. The van der Waals surface area contributed by atoms with E-state index in [0.29, 0.717) is 24.3 Å². The van der Waals surface area contributed by atoms with Gasteiger partial charge < -0.3 is 20.7 Å². The minimum atomic E-state index is -0.517. The molecule has 0 spiro atoms. The average Bonchev–Trinajstić information content (AvgIpc) is 3.04. The topological polar surface area (TPSA) is 102 Å². The second kappa shape index (κ2) is 8.50. The third-order valence-corrected chi connectivity index (χ3v) is 4.01. The number of carbonyl (C=O) groups is 3. The summed E-state index contributed by atoms with van der Waals surface area (Å²) in [5.74, 6) is -0.189. The molecule has 1 heterocycles. The molecule has 25 heavy (non-hydrogen) atoms. The van der Waals surface area contributed by atoms with Crippen LogP contribution in [0.3, 0.4) is 0 Å². The van der Waals surface area contributed by atoms with E-state index in [0.717, 1.165) is 6.42 Å². The average molecular weight is 347 g/mol. The predicted octanol–water partition coefficient (Wildman–Crippen LogP) is 1.07. The van der Waals surface area contributed by atoms with E-state index in [9.17, 15) is 14.4 Å². The van der Waals surface area contributed by atoms with Gasteiger partial charge in [0.1, 0.15) is 11.8 Å². The van der Waals surface area contributed by atoms with Crippen LogP contribution in [0.4, 0.5) is 0 Å². The van der Waals surface area contributed by atoms with Crippen LogP contribution in [0.15, 0.2) is 24.3 Å². The van der Waals surface area contributed by atoms with Crippen molar-refractivity contribution in [3.8, 4) is 5.75 Å². The van der Waals surface area contributed by atoms with Crippen molar-refractivity contribution in [2.45, 2.75) is 45.3 Å². The van der Waals surface area contributed by atoms with Gasteiger partial charge in [-0.3, -0.25) is 14.4 Å². The van der Waals surface area contributed by atoms with Gasteiger partial charge in [0.15, 0.2) is 0 Å². The number of rotatable bonds is 7. The highest BCUT2D eigenvalue weighted by Gasteiger charge is 2.32. The van der Waals surface area contributed by atoms with E-state index >= 15 is 0 Å². The first-order chi connectivity index (χ1) is 11.9. The summed E-state index contributed by atoms with van der Waals surface area (Å²) in [4.78, 5) is 37.1.